The molecule has 0 amide bonds. The molecule has 92 valence electrons. The van der Waals surface area contributed by atoms with Gasteiger partial charge in [0.15, 0.2) is 0 Å². The minimum Gasteiger partial charge on any atom is -0.306 e. The molecule has 0 bridgehead atoms. The SMILES string of the molecule is CC(=O)C1CN(C)CCC1c1ccc(F)cc1. The predicted molar refractivity (Wildman–Crippen MR) is 65.4 cm³/mol. The number of piperidine rings is 1. The van der Waals surface area contributed by atoms with Crippen molar-refractivity contribution in [1.29, 1.82) is 0 Å². The van der Waals surface area contributed by atoms with Gasteiger partial charge in [-0.1, -0.05) is 12.1 Å². The van der Waals surface area contributed by atoms with Gasteiger partial charge in [-0.05, 0) is 50.6 Å². The summed E-state index contributed by atoms with van der Waals surface area (Å²) in [4.78, 5) is 13.9. The molecule has 1 heterocycles. The minimum atomic E-state index is -0.221. The summed E-state index contributed by atoms with van der Waals surface area (Å²) >= 11 is 0. The number of nitrogens with zero attached hydrogens (tertiary/aromatic N) is 1. The Hall–Kier alpha value is -1.22. The number of hydrogen-bond donors (Lipinski definition) is 0. The normalized spacial score (nSPS) is 25.8. The molecule has 1 aliphatic heterocycles. The molecule has 0 aliphatic carbocycles. The maximum absolute atomic E-state index is 12.9. The van der Waals surface area contributed by atoms with E-state index in [0.29, 0.717) is 0 Å². The first kappa shape index (κ1) is 12.2. The van der Waals surface area contributed by atoms with E-state index in [1.807, 2.05) is 7.05 Å². The average Bonchev–Trinajstić information content (AvgIpc) is 2.30. The highest BCUT2D eigenvalue weighted by Crippen LogP contribution is 2.33. The van der Waals surface area contributed by atoms with E-state index in [1.54, 1.807) is 19.1 Å². The van der Waals surface area contributed by atoms with Gasteiger partial charge in [-0.15, -0.1) is 0 Å². The lowest BCUT2D eigenvalue weighted by Crippen LogP contribution is -2.40. The lowest BCUT2D eigenvalue weighted by atomic mass is 9.79. The molecule has 2 atom stereocenters. The van der Waals surface area contributed by atoms with Crippen LogP contribution in [0.25, 0.3) is 0 Å². The maximum atomic E-state index is 12.9. The molecular formula is C14H18FNO. The number of halogens is 1. The van der Waals surface area contributed by atoms with Gasteiger partial charge in [0.05, 0.1) is 0 Å². The van der Waals surface area contributed by atoms with Crippen molar-refractivity contribution in [2.75, 3.05) is 20.1 Å². The van der Waals surface area contributed by atoms with Crippen molar-refractivity contribution in [2.45, 2.75) is 19.3 Å². The Bertz CT molecular complexity index is 401. The summed E-state index contributed by atoms with van der Waals surface area (Å²) in [5, 5.41) is 0. The van der Waals surface area contributed by atoms with E-state index in [1.165, 1.54) is 12.1 Å². The Morgan fingerprint density at radius 3 is 2.59 bits per heavy atom. The van der Waals surface area contributed by atoms with Crippen LogP contribution in [0.2, 0.25) is 0 Å². The van der Waals surface area contributed by atoms with Crippen molar-refractivity contribution in [1.82, 2.24) is 4.90 Å². The van der Waals surface area contributed by atoms with Crippen molar-refractivity contribution in [3.05, 3.63) is 35.6 Å². The van der Waals surface area contributed by atoms with Gasteiger partial charge >= 0.3 is 0 Å². The minimum absolute atomic E-state index is 0.0409. The van der Waals surface area contributed by atoms with Crippen LogP contribution in [0.4, 0.5) is 4.39 Å². The lowest BCUT2D eigenvalue weighted by molar-refractivity contribution is -0.122. The molecule has 1 fully saturated rings. The number of carbonyl (C=O) groups is 1. The van der Waals surface area contributed by atoms with Crippen LogP contribution in [-0.4, -0.2) is 30.8 Å². The zero-order valence-electron chi connectivity index (χ0n) is 10.3. The van der Waals surface area contributed by atoms with Gasteiger partial charge in [0, 0.05) is 12.5 Å². The second-order valence-electron chi connectivity index (χ2n) is 4.93. The fourth-order valence-corrected chi connectivity index (χ4v) is 2.64. The summed E-state index contributed by atoms with van der Waals surface area (Å²) in [5.41, 5.74) is 1.08. The van der Waals surface area contributed by atoms with Gasteiger partial charge in [0.1, 0.15) is 11.6 Å². The fourth-order valence-electron chi connectivity index (χ4n) is 2.64. The Morgan fingerprint density at radius 2 is 2.00 bits per heavy atom. The van der Waals surface area contributed by atoms with Gasteiger partial charge in [0.25, 0.3) is 0 Å². The fraction of sp³-hybridized carbons (Fsp3) is 0.500. The average molecular weight is 235 g/mol. The van der Waals surface area contributed by atoms with E-state index in [0.717, 1.165) is 25.1 Å². The Balaban J connectivity index is 2.23. The van der Waals surface area contributed by atoms with Crippen LogP contribution in [0.5, 0.6) is 0 Å². The number of carbonyl (C=O) groups excluding carboxylic acids is 1. The zero-order chi connectivity index (χ0) is 12.4. The van der Waals surface area contributed by atoms with Gasteiger partial charge in [-0.25, -0.2) is 4.39 Å². The van der Waals surface area contributed by atoms with Gasteiger partial charge < -0.3 is 4.90 Å². The molecule has 2 nitrogen and oxygen atoms in total. The summed E-state index contributed by atoms with van der Waals surface area (Å²) in [6.45, 7) is 3.45. The molecule has 0 N–H and O–H groups in total. The smallest absolute Gasteiger partial charge is 0.134 e. The molecule has 1 aliphatic rings. The molecule has 2 unspecified atom stereocenters. The van der Waals surface area contributed by atoms with Crippen LogP contribution in [0.1, 0.15) is 24.8 Å². The number of rotatable bonds is 2. The van der Waals surface area contributed by atoms with Crippen LogP contribution in [0, 0.1) is 11.7 Å². The summed E-state index contributed by atoms with van der Waals surface area (Å²) < 4.78 is 12.9. The summed E-state index contributed by atoms with van der Waals surface area (Å²) in [6, 6.07) is 6.57. The monoisotopic (exact) mass is 235 g/mol. The molecule has 2 rings (SSSR count). The topological polar surface area (TPSA) is 20.3 Å². The third kappa shape index (κ3) is 2.72. The molecule has 0 spiro atoms. The zero-order valence-corrected chi connectivity index (χ0v) is 10.3. The van der Waals surface area contributed by atoms with Crippen LogP contribution >= 0.6 is 0 Å². The molecule has 0 radical (unpaired) electrons. The first-order valence-electron chi connectivity index (χ1n) is 6.02. The number of hydrogen-bond acceptors (Lipinski definition) is 2. The molecule has 3 heteroatoms. The van der Waals surface area contributed by atoms with Gasteiger partial charge in [-0.2, -0.15) is 0 Å². The molecule has 1 aromatic rings. The molecule has 1 saturated heterocycles. The Labute approximate surface area is 101 Å². The predicted octanol–water partition coefficient (Wildman–Crippen LogP) is 2.45. The van der Waals surface area contributed by atoms with Crippen molar-refractivity contribution in [3.8, 4) is 0 Å². The van der Waals surface area contributed by atoms with Crippen LogP contribution in [-0.2, 0) is 4.79 Å². The van der Waals surface area contributed by atoms with Crippen LogP contribution < -0.4 is 0 Å². The summed E-state index contributed by atoms with van der Waals surface area (Å²) in [5.74, 6) is 0.287. The van der Waals surface area contributed by atoms with Crippen LogP contribution in [0.15, 0.2) is 24.3 Å². The Kier molecular flexibility index (Phi) is 3.57. The number of benzene rings is 1. The highest BCUT2D eigenvalue weighted by Gasteiger charge is 2.31. The van der Waals surface area contributed by atoms with E-state index in [-0.39, 0.29) is 23.4 Å². The van der Waals surface area contributed by atoms with Gasteiger partial charge in [-0.3, -0.25) is 4.79 Å². The van der Waals surface area contributed by atoms with Crippen molar-refractivity contribution >= 4 is 5.78 Å². The lowest BCUT2D eigenvalue weighted by Gasteiger charge is -2.35. The maximum Gasteiger partial charge on any atom is 0.134 e. The van der Waals surface area contributed by atoms with E-state index in [9.17, 15) is 9.18 Å². The number of ketones is 1. The molecule has 0 saturated carbocycles. The molecule has 1 aromatic carbocycles. The van der Waals surface area contributed by atoms with Crippen LogP contribution in [0.3, 0.4) is 0 Å². The van der Waals surface area contributed by atoms with E-state index in [4.69, 9.17) is 0 Å². The summed E-state index contributed by atoms with van der Waals surface area (Å²) in [6.07, 6.45) is 0.965. The summed E-state index contributed by atoms with van der Waals surface area (Å²) in [7, 11) is 2.04. The largest absolute Gasteiger partial charge is 0.306 e. The Morgan fingerprint density at radius 1 is 1.35 bits per heavy atom. The van der Waals surface area contributed by atoms with Crippen molar-refractivity contribution < 1.29 is 9.18 Å². The highest BCUT2D eigenvalue weighted by molar-refractivity contribution is 5.79. The second-order valence-corrected chi connectivity index (χ2v) is 4.93. The van der Waals surface area contributed by atoms with E-state index >= 15 is 0 Å². The highest BCUT2D eigenvalue weighted by atomic mass is 19.1. The first-order valence-corrected chi connectivity index (χ1v) is 6.02. The van der Waals surface area contributed by atoms with E-state index < -0.39 is 0 Å². The molecule has 0 aromatic heterocycles. The standard InChI is InChI=1S/C14H18FNO/c1-10(17)14-9-16(2)8-7-13(14)11-3-5-12(15)6-4-11/h3-6,13-14H,7-9H2,1-2H3. The number of likely N-dealkylation sites (tertiary alicyclic amines) is 1. The second kappa shape index (κ2) is 4.96. The third-order valence-corrected chi connectivity index (χ3v) is 3.64. The van der Waals surface area contributed by atoms with Gasteiger partial charge in [0.2, 0.25) is 0 Å². The third-order valence-electron chi connectivity index (χ3n) is 3.64. The van der Waals surface area contributed by atoms with Crippen molar-refractivity contribution in [2.24, 2.45) is 5.92 Å². The molecule has 17 heavy (non-hydrogen) atoms. The first-order chi connectivity index (χ1) is 8.08. The van der Waals surface area contributed by atoms with E-state index in [2.05, 4.69) is 4.90 Å². The number of Topliss-reactive ketones (excluding diaryl/α,β-unsaturated/α-hetero) is 1. The quantitative estimate of drug-likeness (QED) is 0.784. The molecular weight excluding hydrogens is 217 g/mol. The van der Waals surface area contributed by atoms with Crippen molar-refractivity contribution in [3.63, 3.8) is 0 Å².